The predicted molar refractivity (Wildman–Crippen MR) is 52.6 cm³/mol. The van der Waals surface area contributed by atoms with Crippen LogP contribution in [0.1, 0.15) is 5.56 Å². The van der Waals surface area contributed by atoms with Crippen molar-refractivity contribution in [3.8, 4) is 6.07 Å². The summed E-state index contributed by atoms with van der Waals surface area (Å²) in [5.74, 6) is -1.03. The Morgan fingerprint density at radius 3 is 2.50 bits per heavy atom. The van der Waals surface area contributed by atoms with E-state index < -0.39 is 11.0 Å². The first-order valence-corrected chi connectivity index (χ1v) is 4.84. The summed E-state index contributed by atoms with van der Waals surface area (Å²) in [6.45, 7) is 0. The highest BCUT2D eigenvalue weighted by Crippen LogP contribution is 2.25. The van der Waals surface area contributed by atoms with E-state index in [1.807, 2.05) is 30.3 Å². The standard InChI is InChI=1S/C10H7F2NS/c11-9(6-13)10(12)14-7-8-4-2-1-3-5-8/h1-5H,7H2/b10-9+. The number of hydrogen-bond donors (Lipinski definition) is 0. The molecule has 72 valence electrons. The minimum Gasteiger partial charge on any atom is -0.195 e. The Bertz CT molecular complexity index is 367. The molecule has 0 spiro atoms. The Balaban J connectivity index is 2.55. The lowest BCUT2D eigenvalue weighted by Gasteiger charge is -1.97. The summed E-state index contributed by atoms with van der Waals surface area (Å²) in [6, 6.07) is 10.2. The Morgan fingerprint density at radius 1 is 1.29 bits per heavy atom. The Hall–Kier alpha value is -1.34. The second-order valence-corrected chi connectivity index (χ2v) is 3.41. The number of nitrogens with zero attached hydrogens (tertiary/aromatic N) is 1. The molecule has 1 rings (SSSR count). The van der Waals surface area contributed by atoms with Gasteiger partial charge in [-0.15, -0.1) is 0 Å². The van der Waals surface area contributed by atoms with Gasteiger partial charge in [-0.1, -0.05) is 42.1 Å². The first-order chi connectivity index (χ1) is 6.74. The average Bonchev–Trinajstić information content (AvgIpc) is 2.26. The van der Waals surface area contributed by atoms with Gasteiger partial charge in [0.1, 0.15) is 6.07 Å². The zero-order valence-electron chi connectivity index (χ0n) is 7.21. The maximum atomic E-state index is 12.7. The molecule has 0 heterocycles. The molecule has 0 N–H and O–H groups in total. The molecule has 0 saturated carbocycles. The summed E-state index contributed by atoms with van der Waals surface area (Å²) in [7, 11) is 0. The highest BCUT2D eigenvalue weighted by molar-refractivity contribution is 8.02. The Morgan fingerprint density at radius 2 is 1.93 bits per heavy atom. The van der Waals surface area contributed by atoms with Crippen molar-refractivity contribution in [1.29, 1.82) is 5.26 Å². The lowest BCUT2D eigenvalue weighted by Crippen LogP contribution is -1.79. The smallest absolute Gasteiger partial charge is 0.195 e. The van der Waals surface area contributed by atoms with Gasteiger partial charge in [0.05, 0.1) is 0 Å². The van der Waals surface area contributed by atoms with Crippen LogP contribution in [0.2, 0.25) is 0 Å². The summed E-state index contributed by atoms with van der Waals surface area (Å²) >= 11 is 0.678. The quantitative estimate of drug-likeness (QED) is 0.714. The summed E-state index contributed by atoms with van der Waals surface area (Å²) in [4.78, 5) is 0. The summed E-state index contributed by atoms with van der Waals surface area (Å²) in [5.41, 5.74) is 0.887. The third kappa shape index (κ3) is 3.19. The Kier molecular flexibility index (Phi) is 4.14. The van der Waals surface area contributed by atoms with Gasteiger partial charge in [-0.25, -0.2) is 0 Å². The molecule has 0 saturated heterocycles. The van der Waals surface area contributed by atoms with Crippen LogP contribution >= 0.6 is 11.8 Å². The van der Waals surface area contributed by atoms with Gasteiger partial charge in [0.15, 0.2) is 0 Å². The third-order valence-electron chi connectivity index (χ3n) is 1.48. The van der Waals surface area contributed by atoms with Crippen molar-refractivity contribution in [2.75, 3.05) is 0 Å². The van der Waals surface area contributed by atoms with Crippen LogP contribution in [-0.2, 0) is 5.75 Å². The van der Waals surface area contributed by atoms with E-state index in [4.69, 9.17) is 5.26 Å². The topological polar surface area (TPSA) is 23.8 Å². The zero-order valence-corrected chi connectivity index (χ0v) is 8.02. The fourth-order valence-electron chi connectivity index (χ4n) is 0.828. The highest BCUT2D eigenvalue weighted by atomic mass is 32.2. The minimum atomic E-state index is -1.36. The second-order valence-electron chi connectivity index (χ2n) is 2.47. The molecule has 1 aromatic rings. The van der Waals surface area contributed by atoms with E-state index in [0.717, 1.165) is 11.6 Å². The molecule has 0 amide bonds. The maximum Gasteiger partial charge on any atom is 0.242 e. The molecule has 1 nitrogen and oxygen atoms in total. The zero-order chi connectivity index (χ0) is 10.4. The van der Waals surface area contributed by atoms with Crippen molar-refractivity contribution in [2.24, 2.45) is 0 Å². The van der Waals surface area contributed by atoms with E-state index in [-0.39, 0.29) is 0 Å². The van der Waals surface area contributed by atoms with Gasteiger partial charge >= 0.3 is 0 Å². The number of benzene rings is 1. The van der Waals surface area contributed by atoms with Crippen molar-refractivity contribution in [3.05, 3.63) is 46.9 Å². The number of rotatable bonds is 3. The van der Waals surface area contributed by atoms with E-state index in [1.165, 1.54) is 0 Å². The van der Waals surface area contributed by atoms with Gasteiger partial charge in [0.2, 0.25) is 11.0 Å². The molecular weight excluding hydrogens is 204 g/mol. The molecule has 4 heteroatoms. The first-order valence-electron chi connectivity index (χ1n) is 3.86. The van der Waals surface area contributed by atoms with Crippen molar-refractivity contribution in [3.63, 3.8) is 0 Å². The number of thioether (sulfide) groups is 1. The van der Waals surface area contributed by atoms with Gasteiger partial charge in [-0.05, 0) is 5.56 Å². The van der Waals surface area contributed by atoms with Crippen LogP contribution in [-0.4, -0.2) is 0 Å². The van der Waals surface area contributed by atoms with E-state index in [9.17, 15) is 8.78 Å². The fourth-order valence-corrected chi connectivity index (χ4v) is 1.49. The lowest BCUT2D eigenvalue weighted by molar-refractivity contribution is 0.597. The molecule has 1 aromatic carbocycles. The molecule has 0 radical (unpaired) electrons. The van der Waals surface area contributed by atoms with E-state index >= 15 is 0 Å². The van der Waals surface area contributed by atoms with Gasteiger partial charge in [-0.2, -0.15) is 14.0 Å². The number of hydrogen-bond acceptors (Lipinski definition) is 2. The first kappa shape index (κ1) is 10.7. The molecule has 0 fully saturated rings. The minimum absolute atomic E-state index is 0.321. The van der Waals surface area contributed by atoms with Crippen LogP contribution < -0.4 is 0 Å². The van der Waals surface area contributed by atoms with Gasteiger partial charge in [0, 0.05) is 5.75 Å². The summed E-state index contributed by atoms with van der Waals surface area (Å²) in [5, 5.41) is 7.01. The molecular formula is C10H7F2NS. The van der Waals surface area contributed by atoms with E-state index in [0.29, 0.717) is 17.5 Å². The van der Waals surface area contributed by atoms with Crippen LogP contribution in [0, 0.1) is 11.3 Å². The van der Waals surface area contributed by atoms with Crippen LogP contribution in [0.4, 0.5) is 8.78 Å². The van der Waals surface area contributed by atoms with Gasteiger partial charge in [0.25, 0.3) is 0 Å². The van der Waals surface area contributed by atoms with Crippen molar-refractivity contribution in [1.82, 2.24) is 0 Å². The largest absolute Gasteiger partial charge is 0.242 e. The van der Waals surface area contributed by atoms with Crippen molar-refractivity contribution < 1.29 is 8.78 Å². The third-order valence-corrected chi connectivity index (χ3v) is 2.39. The molecule has 0 aliphatic carbocycles. The molecule has 0 aliphatic heterocycles. The normalized spacial score (nSPS) is 11.8. The second kappa shape index (κ2) is 5.40. The number of halogens is 2. The Labute approximate surface area is 85.0 Å². The number of nitriles is 1. The van der Waals surface area contributed by atoms with Crippen LogP contribution in [0.25, 0.3) is 0 Å². The molecule has 0 aliphatic rings. The molecule has 0 aromatic heterocycles. The SMILES string of the molecule is N#C/C(F)=C(/F)SCc1ccccc1. The summed E-state index contributed by atoms with van der Waals surface area (Å²) in [6.07, 6.45) is 0. The highest BCUT2D eigenvalue weighted by Gasteiger charge is 2.05. The van der Waals surface area contributed by atoms with Gasteiger partial charge in [-0.3, -0.25) is 0 Å². The van der Waals surface area contributed by atoms with Crippen LogP contribution in [0.5, 0.6) is 0 Å². The van der Waals surface area contributed by atoms with E-state index in [1.54, 1.807) is 0 Å². The molecule has 0 bridgehead atoms. The lowest BCUT2D eigenvalue weighted by atomic mass is 10.2. The van der Waals surface area contributed by atoms with Gasteiger partial charge < -0.3 is 0 Å². The van der Waals surface area contributed by atoms with Crippen molar-refractivity contribution >= 4 is 11.8 Å². The van der Waals surface area contributed by atoms with E-state index in [2.05, 4.69) is 0 Å². The maximum absolute atomic E-state index is 12.7. The molecule has 0 unspecified atom stereocenters. The summed E-state index contributed by atoms with van der Waals surface area (Å²) < 4.78 is 25.1. The molecule has 14 heavy (non-hydrogen) atoms. The molecule has 0 atom stereocenters. The predicted octanol–water partition coefficient (Wildman–Crippen LogP) is 3.55. The monoisotopic (exact) mass is 211 g/mol. The van der Waals surface area contributed by atoms with Crippen LogP contribution in [0.3, 0.4) is 0 Å². The average molecular weight is 211 g/mol. The number of allylic oxidation sites excluding steroid dienone is 1. The fraction of sp³-hybridized carbons (Fsp3) is 0.100. The van der Waals surface area contributed by atoms with Crippen molar-refractivity contribution in [2.45, 2.75) is 5.75 Å². The van der Waals surface area contributed by atoms with Crippen LogP contribution in [0.15, 0.2) is 41.3 Å².